The summed E-state index contributed by atoms with van der Waals surface area (Å²) in [5.41, 5.74) is 2.01. The van der Waals surface area contributed by atoms with Gasteiger partial charge in [0.25, 0.3) is 5.91 Å². The summed E-state index contributed by atoms with van der Waals surface area (Å²) in [7, 11) is 0. The highest BCUT2D eigenvalue weighted by Crippen LogP contribution is 2.30. The van der Waals surface area contributed by atoms with Gasteiger partial charge in [-0.3, -0.25) is 15.0 Å². The molecule has 2 aromatic carbocycles. The number of ether oxygens (including phenoxy) is 2. The number of piperidine rings is 1. The molecule has 1 saturated heterocycles. The van der Waals surface area contributed by atoms with Crippen molar-refractivity contribution in [2.24, 2.45) is 10.1 Å². The third-order valence-electron chi connectivity index (χ3n) is 6.31. The number of nitrogens with one attached hydrogen (secondary N) is 1. The lowest BCUT2D eigenvalue weighted by Crippen LogP contribution is -2.36. The van der Waals surface area contributed by atoms with Crippen LogP contribution in [0.15, 0.2) is 64.2 Å². The summed E-state index contributed by atoms with van der Waals surface area (Å²) >= 11 is 1.18. The van der Waals surface area contributed by atoms with Gasteiger partial charge in [-0.25, -0.2) is 0 Å². The van der Waals surface area contributed by atoms with Gasteiger partial charge in [0.1, 0.15) is 29.8 Å². The zero-order valence-corrected chi connectivity index (χ0v) is 22.0. The van der Waals surface area contributed by atoms with Crippen molar-refractivity contribution in [2.45, 2.75) is 32.6 Å². The Morgan fingerprint density at radius 2 is 1.79 bits per heavy atom. The monoisotopic (exact) mass is 531 g/mol. The summed E-state index contributed by atoms with van der Waals surface area (Å²) in [5, 5.41) is 15.2. The van der Waals surface area contributed by atoms with Crippen molar-refractivity contribution in [3.05, 3.63) is 65.2 Å². The number of benzene rings is 2. The molecule has 3 aliphatic heterocycles. The lowest BCUT2D eigenvalue weighted by molar-refractivity contribution is -0.130. The summed E-state index contributed by atoms with van der Waals surface area (Å²) in [6.07, 6.45) is 4.96. The Labute approximate surface area is 225 Å². The smallest absolute Gasteiger partial charge is 0.283 e. The molecule has 196 valence electrons. The summed E-state index contributed by atoms with van der Waals surface area (Å²) in [4.78, 5) is 31.3. The van der Waals surface area contributed by atoms with Gasteiger partial charge < -0.3 is 14.4 Å². The predicted molar refractivity (Wildman–Crippen MR) is 149 cm³/mol. The van der Waals surface area contributed by atoms with Gasteiger partial charge in [0.05, 0.1) is 12.0 Å². The second-order valence-electron chi connectivity index (χ2n) is 9.21. The number of hydrazone groups is 1. The van der Waals surface area contributed by atoms with E-state index in [1.807, 2.05) is 48.2 Å². The molecule has 0 spiro atoms. The average molecular weight is 532 g/mol. The first-order valence-corrected chi connectivity index (χ1v) is 13.5. The molecule has 0 aromatic heterocycles. The molecule has 1 N–H and O–H groups in total. The molecule has 5 rings (SSSR count). The summed E-state index contributed by atoms with van der Waals surface area (Å²) in [6.45, 7) is 4.37. The number of hydrogen-bond donors (Lipinski definition) is 1. The topological polar surface area (TPSA) is 108 Å². The zero-order chi connectivity index (χ0) is 26.5. The van der Waals surface area contributed by atoms with Crippen LogP contribution in [0.1, 0.15) is 36.8 Å². The lowest BCUT2D eigenvalue weighted by Gasteiger charge is -2.26. The standard InChI is InChI=1S/C28H29N5O4S/c1-19-6-5-7-22(16-19)37-15-14-36-21-10-8-20(9-11-21)17-23-26(29)33-28(30-27(23)35)38-24(31-33)18-25(34)32-12-3-2-4-13-32/h5-11,16-17,29H,2-4,12-15,18H2,1H3. The molecule has 1 fully saturated rings. The largest absolute Gasteiger partial charge is 0.490 e. The van der Waals surface area contributed by atoms with Crippen molar-refractivity contribution in [3.63, 3.8) is 0 Å². The number of amidine groups is 2. The molecule has 10 heteroatoms. The number of aliphatic imine (C=N–C) groups is 1. The van der Waals surface area contributed by atoms with E-state index in [0.29, 0.717) is 29.2 Å². The quantitative estimate of drug-likeness (QED) is 0.398. The summed E-state index contributed by atoms with van der Waals surface area (Å²) in [6, 6.07) is 15.1. The van der Waals surface area contributed by atoms with Crippen LogP contribution in [0.3, 0.4) is 0 Å². The van der Waals surface area contributed by atoms with Crippen LogP contribution in [0.4, 0.5) is 0 Å². The molecule has 2 aromatic rings. The highest BCUT2D eigenvalue weighted by molar-refractivity contribution is 8.27. The molecular weight excluding hydrogens is 502 g/mol. The molecule has 2 amide bonds. The van der Waals surface area contributed by atoms with Gasteiger partial charge in [0, 0.05) is 13.1 Å². The number of carbonyl (C=O) groups excluding carboxylic acids is 2. The van der Waals surface area contributed by atoms with Gasteiger partial charge in [-0.05, 0) is 79.4 Å². The summed E-state index contributed by atoms with van der Waals surface area (Å²) < 4.78 is 11.5. The predicted octanol–water partition coefficient (Wildman–Crippen LogP) is 4.47. The van der Waals surface area contributed by atoms with Gasteiger partial charge in [-0.15, -0.1) is 0 Å². The van der Waals surface area contributed by atoms with Crippen LogP contribution in [-0.2, 0) is 9.59 Å². The number of hydrogen-bond acceptors (Lipinski definition) is 7. The van der Waals surface area contributed by atoms with Crippen LogP contribution >= 0.6 is 11.8 Å². The Hall–Kier alpha value is -3.92. The molecule has 3 aliphatic rings. The fourth-order valence-corrected chi connectivity index (χ4v) is 5.21. The normalized spacial score (nSPS) is 18.3. The summed E-state index contributed by atoms with van der Waals surface area (Å²) in [5.74, 6) is 0.952. The van der Waals surface area contributed by atoms with Crippen molar-refractivity contribution in [1.82, 2.24) is 9.91 Å². The fourth-order valence-electron chi connectivity index (χ4n) is 4.34. The molecule has 0 bridgehead atoms. The molecular formula is C28H29N5O4S. The number of likely N-dealkylation sites (tertiary alicyclic amines) is 1. The molecule has 0 radical (unpaired) electrons. The van der Waals surface area contributed by atoms with Crippen LogP contribution < -0.4 is 9.47 Å². The number of thioether (sulfide) groups is 1. The Morgan fingerprint density at radius 1 is 1.05 bits per heavy atom. The van der Waals surface area contributed by atoms with E-state index in [0.717, 1.165) is 49.2 Å². The maximum atomic E-state index is 12.7. The Bertz CT molecular complexity index is 1330. The van der Waals surface area contributed by atoms with Gasteiger partial charge in [-0.2, -0.15) is 15.1 Å². The number of aryl methyl sites for hydroxylation is 1. The molecule has 0 saturated carbocycles. The molecule has 0 unspecified atom stereocenters. The van der Waals surface area contributed by atoms with E-state index >= 15 is 0 Å². The van der Waals surface area contributed by atoms with Gasteiger partial charge >= 0.3 is 0 Å². The SMILES string of the molecule is Cc1cccc(OCCOc2ccc(C=C3C(=N)N4N=C(CC(=O)N5CCCCC5)SC4=NC3=O)cc2)c1. The first kappa shape index (κ1) is 25.7. The number of fused-ring (bicyclic) bond motifs is 1. The highest BCUT2D eigenvalue weighted by atomic mass is 32.2. The number of nitrogens with zero attached hydrogens (tertiary/aromatic N) is 4. The van der Waals surface area contributed by atoms with Crippen molar-refractivity contribution in [1.29, 1.82) is 5.41 Å². The Kier molecular flexibility index (Phi) is 7.88. The van der Waals surface area contributed by atoms with Crippen molar-refractivity contribution < 1.29 is 19.1 Å². The first-order valence-electron chi connectivity index (χ1n) is 12.7. The second kappa shape index (κ2) is 11.6. The van der Waals surface area contributed by atoms with Crippen molar-refractivity contribution >= 4 is 45.7 Å². The number of rotatable bonds is 8. The number of carbonyl (C=O) groups is 2. The third kappa shape index (κ3) is 6.13. The highest BCUT2D eigenvalue weighted by Gasteiger charge is 2.36. The van der Waals surface area contributed by atoms with Crippen molar-refractivity contribution in [2.75, 3.05) is 26.3 Å². The van der Waals surface area contributed by atoms with E-state index in [9.17, 15) is 9.59 Å². The van der Waals surface area contributed by atoms with E-state index in [1.54, 1.807) is 18.2 Å². The van der Waals surface area contributed by atoms with E-state index in [-0.39, 0.29) is 23.7 Å². The van der Waals surface area contributed by atoms with Gasteiger partial charge in [-0.1, -0.05) is 24.3 Å². The van der Waals surface area contributed by atoms with Gasteiger partial charge in [0.15, 0.2) is 5.84 Å². The minimum absolute atomic E-state index is 0.0223. The molecule has 0 atom stereocenters. The van der Waals surface area contributed by atoms with E-state index < -0.39 is 5.91 Å². The second-order valence-corrected chi connectivity index (χ2v) is 10.3. The zero-order valence-electron chi connectivity index (χ0n) is 21.2. The first-order chi connectivity index (χ1) is 18.5. The maximum Gasteiger partial charge on any atom is 0.283 e. The minimum Gasteiger partial charge on any atom is -0.490 e. The van der Waals surface area contributed by atoms with E-state index in [4.69, 9.17) is 14.9 Å². The van der Waals surface area contributed by atoms with Crippen LogP contribution in [0, 0.1) is 12.3 Å². The molecule has 0 aliphatic carbocycles. The average Bonchev–Trinajstić information content (AvgIpc) is 3.32. The van der Waals surface area contributed by atoms with Crippen LogP contribution in [-0.4, -0.2) is 64.1 Å². The Balaban J connectivity index is 1.17. The van der Waals surface area contributed by atoms with Crippen LogP contribution in [0.25, 0.3) is 6.08 Å². The fraction of sp³-hybridized carbons (Fsp3) is 0.321. The molecule has 3 heterocycles. The molecule has 9 nitrogen and oxygen atoms in total. The van der Waals surface area contributed by atoms with E-state index in [2.05, 4.69) is 10.1 Å². The van der Waals surface area contributed by atoms with E-state index in [1.165, 1.54) is 16.8 Å². The van der Waals surface area contributed by atoms with Crippen molar-refractivity contribution in [3.8, 4) is 11.5 Å². The van der Waals surface area contributed by atoms with Crippen LogP contribution in [0.2, 0.25) is 0 Å². The third-order valence-corrected chi connectivity index (χ3v) is 7.22. The van der Waals surface area contributed by atoms with Gasteiger partial charge in [0.2, 0.25) is 11.1 Å². The minimum atomic E-state index is -0.499. The Morgan fingerprint density at radius 3 is 2.53 bits per heavy atom. The number of amides is 2. The maximum absolute atomic E-state index is 12.7. The van der Waals surface area contributed by atoms with Crippen LogP contribution in [0.5, 0.6) is 11.5 Å². The molecule has 38 heavy (non-hydrogen) atoms. The lowest BCUT2D eigenvalue weighted by atomic mass is 10.1.